The van der Waals surface area contributed by atoms with Crippen molar-refractivity contribution in [2.24, 2.45) is 4.99 Å². The molecule has 1 atom stereocenters. The number of benzene rings is 2. The van der Waals surface area contributed by atoms with Crippen LogP contribution in [0, 0.1) is 0 Å². The lowest BCUT2D eigenvalue weighted by atomic mass is 9.94. The second kappa shape index (κ2) is 25.8. The Morgan fingerprint density at radius 1 is 0.863 bits per heavy atom. The standard InChI is InChI=1S/C43H42Br2N2.2C2H6/c1-4-35(38-31-42(36-21-10-7-11-22-36)47-43(32-38)37-23-16-25-40(45)30-37)20-13-12-19-34(28-27-33-17-8-6-9-18-33)29-41(46-3)26-15-14-24-39(44)5-2;2*1-2/h4-15,17-18,20-24,27-29,31-32,40H,1-2,16,19,25-26,30H2,3H3;2*1-2H3/b13-12-,15-14-,28-27+,34-29-,35-20+,39-24+,46-41?;;. The summed E-state index contributed by atoms with van der Waals surface area (Å²) in [6.07, 6.45) is 29.8. The van der Waals surface area contributed by atoms with Crippen LogP contribution in [0.15, 0.2) is 168 Å². The molecular weight excluding hydrogens is 752 g/mol. The maximum absolute atomic E-state index is 5.11. The van der Waals surface area contributed by atoms with E-state index in [1.807, 2.05) is 65.1 Å². The van der Waals surface area contributed by atoms with Crippen LogP contribution >= 0.6 is 31.9 Å². The van der Waals surface area contributed by atoms with E-state index in [-0.39, 0.29) is 0 Å². The summed E-state index contributed by atoms with van der Waals surface area (Å²) in [6, 6.07) is 25.1. The average Bonchev–Trinajstić information content (AvgIpc) is 3.19. The predicted molar refractivity (Wildman–Crippen MR) is 237 cm³/mol. The van der Waals surface area contributed by atoms with Crippen molar-refractivity contribution in [2.45, 2.75) is 64.6 Å². The molecule has 0 N–H and O–H groups in total. The van der Waals surface area contributed by atoms with E-state index in [1.165, 1.54) is 11.1 Å². The largest absolute Gasteiger partial charge is 0.293 e. The van der Waals surface area contributed by atoms with Crippen molar-refractivity contribution in [3.05, 3.63) is 180 Å². The van der Waals surface area contributed by atoms with E-state index in [9.17, 15) is 0 Å². The molecule has 0 aliphatic heterocycles. The first kappa shape index (κ1) is 43.0. The summed E-state index contributed by atoms with van der Waals surface area (Å²) in [6.45, 7) is 15.9. The molecule has 1 unspecified atom stereocenters. The van der Waals surface area contributed by atoms with Crippen molar-refractivity contribution in [1.29, 1.82) is 0 Å². The third-order valence-electron chi connectivity index (χ3n) is 7.70. The Morgan fingerprint density at radius 3 is 2.16 bits per heavy atom. The molecule has 0 radical (unpaired) electrons. The summed E-state index contributed by atoms with van der Waals surface area (Å²) >= 11 is 7.30. The van der Waals surface area contributed by atoms with Crippen molar-refractivity contribution in [1.82, 2.24) is 4.98 Å². The summed E-state index contributed by atoms with van der Waals surface area (Å²) in [5.41, 5.74) is 9.90. The van der Waals surface area contributed by atoms with Crippen LogP contribution in [0.1, 0.15) is 76.6 Å². The van der Waals surface area contributed by atoms with Crippen molar-refractivity contribution >= 4 is 54.8 Å². The molecule has 1 aromatic heterocycles. The molecule has 0 spiro atoms. The van der Waals surface area contributed by atoms with E-state index in [0.717, 1.165) is 75.9 Å². The second-order valence-electron chi connectivity index (χ2n) is 11.1. The molecule has 1 heterocycles. The fraction of sp³-hybridized carbons (Fsp3) is 0.234. The number of aromatic nitrogens is 1. The van der Waals surface area contributed by atoms with Crippen LogP contribution in [0.4, 0.5) is 0 Å². The van der Waals surface area contributed by atoms with Gasteiger partial charge in [-0.05, 0) is 77.8 Å². The fourth-order valence-corrected chi connectivity index (χ4v) is 5.90. The Balaban J connectivity index is 0.00000217. The molecule has 4 heteroatoms. The zero-order chi connectivity index (χ0) is 37.3. The molecule has 2 aromatic carbocycles. The number of hydrogen-bond donors (Lipinski definition) is 0. The highest BCUT2D eigenvalue weighted by molar-refractivity contribution is 9.11. The Hall–Kier alpha value is -4.12. The van der Waals surface area contributed by atoms with Crippen LogP contribution in [-0.2, 0) is 0 Å². The van der Waals surface area contributed by atoms with Gasteiger partial charge in [0.2, 0.25) is 0 Å². The molecule has 3 aromatic rings. The van der Waals surface area contributed by atoms with Gasteiger partial charge in [0, 0.05) is 34.1 Å². The summed E-state index contributed by atoms with van der Waals surface area (Å²) < 4.78 is 0.945. The first-order valence-corrected chi connectivity index (χ1v) is 19.6. The summed E-state index contributed by atoms with van der Waals surface area (Å²) in [5, 5.41) is 0. The number of hydrogen-bond acceptors (Lipinski definition) is 2. The fourth-order valence-electron chi connectivity index (χ4n) is 5.14. The van der Waals surface area contributed by atoms with Gasteiger partial charge in [-0.15, -0.1) is 0 Å². The van der Waals surface area contributed by atoms with Crippen molar-refractivity contribution in [3.8, 4) is 11.3 Å². The van der Waals surface area contributed by atoms with Crippen molar-refractivity contribution in [2.75, 3.05) is 7.05 Å². The minimum Gasteiger partial charge on any atom is -0.293 e. The topological polar surface area (TPSA) is 25.2 Å². The van der Waals surface area contributed by atoms with Crippen LogP contribution in [0.25, 0.3) is 28.5 Å². The molecule has 1 aliphatic rings. The SMILES string of the molecule is C=C/C(Br)=C\C=C/CC(/C=C(\C=C\c1ccccc1)C/C=C\C=C(/C=C)c1cc(C2=CCCC(Br)C2)nc(-c2ccccc2)c1)=NC.CC.CC. The Bertz CT molecular complexity index is 1750. The second-order valence-corrected chi connectivity index (χ2v) is 13.3. The van der Waals surface area contributed by atoms with Gasteiger partial charge < -0.3 is 0 Å². The number of pyridine rings is 1. The summed E-state index contributed by atoms with van der Waals surface area (Å²) in [4.78, 5) is 10.1. The van der Waals surface area contributed by atoms with Gasteiger partial charge in [-0.2, -0.15) is 0 Å². The van der Waals surface area contributed by atoms with Crippen LogP contribution in [-0.4, -0.2) is 22.6 Å². The first-order chi connectivity index (χ1) is 25.0. The molecule has 0 bridgehead atoms. The maximum atomic E-state index is 5.11. The lowest BCUT2D eigenvalue weighted by molar-refractivity contribution is 0.769. The Morgan fingerprint density at radius 2 is 1.51 bits per heavy atom. The van der Waals surface area contributed by atoms with Gasteiger partial charge in [0.15, 0.2) is 0 Å². The molecule has 51 heavy (non-hydrogen) atoms. The molecule has 1 aliphatic carbocycles. The minimum atomic E-state index is 0.481. The average molecular weight is 807 g/mol. The molecule has 4 rings (SSSR count). The van der Waals surface area contributed by atoms with Crippen LogP contribution in [0.2, 0.25) is 0 Å². The molecule has 2 nitrogen and oxygen atoms in total. The number of halogens is 2. The van der Waals surface area contributed by atoms with Crippen LogP contribution < -0.4 is 0 Å². The normalized spacial score (nSPS) is 15.6. The highest BCUT2D eigenvalue weighted by atomic mass is 79.9. The third kappa shape index (κ3) is 15.8. The third-order valence-corrected chi connectivity index (χ3v) is 9.07. The van der Waals surface area contributed by atoms with Crippen molar-refractivity contribution in [3.63, 3.8) is 0 Å². The van der Waals surface area contributed by atoms with E-state index < -0.39 is 0 Å². The van der Waals surface area contributed by atoms with E-state index in [4.69, 9.17) is 4.98 Å². The van der Waals surface area contributed by atoms with Gasteiger partial charge in [0.25, 0.3) is 0 Å². The highest BCUT2D eigenvalue weighted by Crippen LogP contribution is 2.33. The van der Waals surface area contributed by atoms with Gasteiger partial charge in [0.05, 0.1) is 11.4 Å². The zero-order valence-corrected chi connectivity index (χ0v) is 34.2. The van der Waals surface area contributed by atoms with E-state index in [0.29, 0.717) is 4.83 Å². The Kier molecular flexibility index (Phi) is 21.8. The summed E-state index contributed by atoms with van der Waals surface area (Å²) in [7, 11) is 1.84. The molecule has 0 amide bonds. The number of allylic oxidation sites excluding steroid dienone is 15. The molecule has 0 saturated heterocycles. The van der Waals surface area contributed by atoms with Gasteiger partial charge in [0.1, 0.15) is 0 Å². The van der Waals surface area contributed by atoms with Crippen LogP contribution in [0.3, 0.4) is 0 Å². The van der Waals surface area contributed by atoms with Gasteiger partial charge in [-0.25, -0.2) is 4.98 Å². The molecule has 0 saturated carbocycles. The van der Waals surface area contributed by atoms with E-state index in [1.54, 1.807) is 6.08 Å². The predicted octanol–water partition coefficient (Wildman–Crippen LogP) is 14.8. The van der Waals surface area contributed by atoms with Gasteiger partial charge in [-0.3, -0.25) is 4.99 Å². The van der Waals surface area contributed by atoms with Gasteiger partial charge in [-0.1, -0.05) is 194 Å². The molecular formula is C47H54Br2N2. The minimum absolute atomic E-state index is 0.481. The quantitative estimate of drug-likeness (QED) is 0.0905. The zero-order valence-electron chi connectivity index (χ0n) is 31.0. The number of nitrogens with zero attached hydrogens (tertiary/aromatic N) is 2. The number of aliphatic imine (C=N–C) groups is 1. The Labute approximate surface area is 325 Å². The van der Waals surface area contributed by atoms with Crippen molar-refractivity contribution < 1.29 is 0 Å². The smallest absolute Gasteiger partial charge is 0.0715 e. The molecule has 0 fully saturated rings. The lowest BCUT2D eigenvalue weighted by Crippen LogP contribution is -2.06. The monoisotopic (exact) mass is 804 g/mol. The number of rotatable bonds is 14. The van der Waals surface area contributed by atoms with E-state index >= 15 is 0 Å². The lowest BCUT2D eigenvalue weighted by Gasteiger charge is -2.19. The first-order valence-electron chi connectivity index (χ1n) is 17.9. The number of alkyl halides is 1. The van der Waals surface area contributed by atoms with Gasteiger partial charge >= 0.3 is 0 Å². The maximum Gasteiger partial charge on any atom is 0.0715 e. The highest BCUT2D eigenvalue weighted by Gasteiger charge is 2.17. The van der Waals surface area contributed by atoms with E-state index in [2.05, 4.69) is 159 Å². The summed E-state index contributed by atoms with van der Waals surface area (Å²) in [5.74, 6) is 0. The van der Waals surface area contributed by atoms with Crippen LogP contribution in [0.5, 0.6) is 0 Å². The molecule has 266 valence electrons.